The Balaban J connectivity index is 1.48. The third-order valence-electron chi connectivity index (χ3n) is 5.22. The van der Waals surface area contributed by atoms with Gasteiger partial charge in [0, 0.05) is 45.0 Å². The Bertz CT molecular complexity index is 1190. The van der Waals surface area contributed by atoms with Crippen LogP contribution < -0.4 is 4.74 Å². The molecular formula is C20H24N6O4S. The third-order valence-corrected chi connectivity index (χ3v) is 7.00. The summed E-state index contributed by atoms with van der Waals surface area (Å²) in [7, 11) is -0.385. The molecule has 0 unspecified atom stereocenters. The second-order valence-electron chi connectivity index (χ2n) is 7.29. The first-order chi connectivity index (χ1) is 14.9. The molecule has 0 bridgehead atoms. The van der Waals surface area contributed by atoms with Gasteiger partial charge in [0.2, 0.25) is 0 Å². The maximum absolute atomic E-state index is 13.0. The zero-order valence-corrected chi connectivity index (χ0v) is 18.2. The lowest BCUT2D eigenvalue weighted by atomic mass is 10.1. The average Bonchev–Trinajstić information content (AvgIpc) is 3.36. The number of rotatable bonds is 5. The molecule has 1 aliphatic rings. The van der Waals surface area contributed by atoms with Crippen molar-refractivity contribution in [2.45, 2.75) is 11.4 Å². The van der Waals surface area contributed by atoms with Gasteiger partial charge in [0.15, 0.2) is 5.03 Å². The van der Waals surface area contributed by atoms with Gasteiger partial charge in [-0.2, -0.15) is 9.40 Å². The van der Waals surface area contributed by atoms with Gasteiger partial charge >= 0.3 is 0 Å². The summed E-state index contributed by atoms with van der Waals surface area (Å²) in [5.41, 5.74) is 1.74. The van der Waals surface area contributed by atoms with Crippen LogP contribution in [0.15, 0.2) is 47.9 Å². The highest BCUT2D eigenvalue weighted by Crippen LogP contribution is 2.28. The van der Waals surface area contributed by atoms with E-state index < -0.39 is 10.0 Å². The molecule has 0 radical (unpaired) electrons. The van der Waals surface area contributed by atoms with Crippen molar-refractivity contribution in [1.29, 1.82) is 0 Å². The predicted octanol–water partition coefficient (Wildman–Crippen LogP) is 1.36. The average molecular weight is 445 g/mol. The SMILES string of the molecule is COc1ccccc1-c1cc(C(=O)N2CCCN(S(=O)(=O)c3cn(C)cn3)CC2)[nH]n1. The van der Waals surface area contributed by atoms with Crippen LogP contribution in [-0.4, -0.2) is 76.6 Å². The number of benzene rings is 1. The molecule has 4 rings (SSSR count). The van der Waals surface area contributed by atoms with E-state index in [-0.39, 0.29) is 24.0 Å². The number of aryl methyl sites for hydroxylation is 1. The van der Waals surface area contributed by atoms with E-state index in [0.717, 1.165) is 5.56 Å². The standard InChI is InChI=1S/C20H24N6O4S/c1-24-13-19(21-14-24)31(28,29)26-9-5-8-25(10-11-26)20(27)17-12-16(22-23-17)15-6-3-4-7-18(15)30-2/h3-4,6-7,12-14H,5,8-11H2,1-2H3,(H,22,23). The number of carbonyl (C=O) groups excluding carboxylic acids is 1. The smallest absolute Gasteiger partial charge is 0.271 e. The van der Waals surface area contributed by atoms with Gasteiger partial charge in [-0.05, 0) is 24.6 Å². The van der Waals surface area contributed by atoms with Crippen LogP contribution >= 0.6 is 0 Å². The number of aromatic nitrogens is 4. The molecule has 0 spiro atoms. The third kappa shape index (κ3) is 4.19. The van der Waals surface area contributed by atoms with E-state index in [2.05, 4.69) is 15.2 Å². The molecule has 1 fully saturated rings. The molecule has 0 atom stereocenters. The fraction of sp³-hybridized carbons (Fsp3) is 0.350. The summed E-state index contributed by atoms with van der Waals surface area (Å²) in [6, 6.07) is 9.13. The van der Waals surface area contributed by atoms with Crippen molar-refractivity contribution in [2.24, 2.45) is 7.05 Å². The number of H-pyrrole nitrogens is 1. The first kappa shape index (κ1) is 21.1. The summed E-state index contributed by atoms with van der Waals surface area (Å²) >= 11 is 0. The molecule has 2 aromatic heterocycles. The molecule has 1 aliphatic heterocycles. The van der Waals surface area contributed by atoms with E-state index in [4.69, 9.17) is 4.74 Å². The van der Waals surface area contributed by atoms with Crippen LogP contribution in [0.3, 0.4) is 0 Å². The first-order valence-corrected chi connectivity index (χ1v) is 11.3. The molecule has 1 N–H and O–H groups in total. The zero-order chi connectivity index (χ0) is 22.0. The van der Waals surface area contributed by atoms with Crippen molar-refractivity contribution in [3.8, 4) is 17.0 Å². The molecular weight excluding hydrogens is 420 g/mol. The minimum atomic E-state index is -3.69. The number of sulfonamides is 1. The van der Waals surface area contributed by atoms with Crippen LogP contribution in [0.5, 0.6) is 5.75 Å². The number of ether oxygens (including phenoxy) is 1. The Hall–Kier alpha value is -3.18. The number of nitrogens with one attached hydrogen (secondary N) is 1. The summed E-state index contributed by atoms with van der Waals surface area (Å²) in [6.07, 6.45) is 3.47. The van der Waals surface area contributed by atoms with Crippen molar-refractivity contribution in [1.82, 2.24) is 29.0 Å². The van der Waals surface area contributed by atoms with Gasteiger partial charge < -0.3 is 14.2 Å². The summed E-state index contributed by atoms with van der Waals surface area (Å²) in [5, 5.41) is 7.08. The van der Waals surface area contributed by atoms with Crippen molar-refractivity contribution in [3.05, 3.63) is 48.5 Å². The quantitative estimate of drug-likeness (QED) is 0.636. The summed E-state index contributed by atoms with van der Waals surface area (Å²) in [5.74, 6) is 0.448. The van der Waals surface area contributed by atoms with E-state index in [9.17, 15) is 13.2 Å². The van der Waals surface area contributed by atoms with Gasteiger partial charge in [-0.15, -0.1) is 0 Å². The lowest BCUT2D eigenvalue weighted by Gasteiger charge is -2.20. The summed E-state index contributed by atoms with van der Waals surface area (Å²) < 4.78 is 34.0. The Labute approximate surface area is 180 Å². The number of hydrogen-bond acceptors (Lipinski definition) is 6. The van der Waals surface area contributed by atoms with Gasteiger partial charge in [0.25, 0.3) is 15.9 Å². The molecule has 1 aromatic carbocycles. The first-order valence-electron chi connectivity index (χ1n) is 9.86. The number of carbonyl (C=O) groups is 1. The molecule has 0 aliphatic carbocycles. The number of para-hydroxylation sites is 1. The molecule has 164 valence electrons. The number of amides is 1. The van der Waals surface area contributed by atoms with Gasteiger partial charge in [-0.1, -0.05) is 12.1 Å². The largest absolute Gasteiger partial charge is 0.496 e. The summed E-state index contributed by atoms with van der Waals surface area (Å²) in [4.78, 5) is 18.6. The molecule has 3 heterocycles. The lowest BCUT2D eigenvalue weighted by Crippen LogP contribution is -2.37. The van der Waals surface area contributed by atoms with Gasteiger partial charge in [-0.25, -0.2) is 13.4 Å². The number of hydrogen-bond donors (Lipinski definition) is 1. The van der Waals surface area contributed by atoms with Crippen LogP contribution in [0.25, 0.3) is 11.3 Å². The fourth-order valence-corrected chi connectivity index (χ4v) is 5.02. The van der Waals surface area contributed by atoms with Crippen LogP contribution in [0, 0.1) is 0 Å². The molecule has 11 heteroatoms. The second-order valence-corrected chi connectivity index (χ2v) is 9.18. The van der Waals surface area contributed by atoms with Crippen molar-refractivity contribution < 1.29 is 17.9 Å². The highest BCUT2D eigenvalue weighted by atomic mass is 32.2. The molecule has 3 aromatic rings. The number of aromatic amines is 1. The normalized spacial score (nSPS) is 15.6. The minimum Gasteiger partial charge on any atom is -0.496 e. The molecule has 10 nitrogen and oxygen atoms in total. The van der Waals surface area contributed by atoms with Crippen LogP contribution in [0.4, 0.5) is 0 Å². The Kier molecular flexibility index (Phi) is 5.79. The van der Waals surface area contributed by atoms with Crippen molar-refractivity contribution in [2.75, 3.05) is 33.3 Å². The van der Waals surface area contributed by atoms with Gasteiger partial charge in [-0.3, -0.25) is 9.89 Å². The number of nitrogens with zero attached hydrogens (tertiary/aromatic N) is 5. The van der Waals surface area contributed by atoms with Crippen molar-refractivity contribution >= 4 is 15.9 Å². The summed E-state index contributed by atoms with van der Waals surface area (Å²) in [6.45, 7) is 1.28. The van der Waals surface area contributed by atoms with E-state index in [1.165, 1.54) is 16.8 Å². The lowest BCUT2D eigenvalue weighted by molar-refractivity contribution is 0.0758. The van der Waals surface area contributed by atoms with Crippen LogP contribution in [-0.2, 0) is 17.1 Å². The maximum atomic E-state index is 13.0. The molecule has 1 saturated heterocycles. The molecule has 31 heavy (non-hydrogen) atoms. The van der Waals surface area contributed by atoms with E-state index in [1.807, 2.05) is 24.3 Å². The minimum absolute atomic E-state index is 0.0183. The Morgan fingerprint density at radius 1 is 1.16 bits per heavy atom. The number of methoxy groups -OCH3 is 1. The van der Waals surface area contributed by atoms with Gasteiger partial charge in [0.05, 0.1) is 19.1 Å². The monoisotopic (exact) mass is 444 g/mol. The topological polar surface area (TPSA) is 113 Å². The maximum Gasteiger partial charge on any atom is 0.271 e. The fourth-order valence-electron chi connectivity index (χ4n) is 3.59. The Morgan fingerprint density at radius 2 is 1.97 bits per heavy atom. The van der Waals surface area contributed by atoms with E-state index in [1.54, 1.807) is 29.7 Å². The van der Waals surface area contributed by atoms with Crippen LogP contribution in [0.1, 0.15) is 16.9 Å². The molecule has 0 saturated carbocycles. The highest BCUT2D eigenvalue weighted by Gasteiger charge is 2.30. The van der Waals surface area contributed by atoms with E-state index >= 15 is 0 Å². The van der Waals surface area contributed by atoms with Gasteiger partial charge in [0.1, 0.15) is 11.4 Å². The highest BCUT2D eigenvalue weighted by molar-refractivity contribution is 7.89. The van der Waals surface area contributed by atoms with E-state index in [0.29, 0.717) is 36.6 Å². The van der Waals surface area contributed by atoms with Crippen LogP contribution in [0.2, 0.25) is 0 Å². The number of imidazole rings is 1. The Morgan fingerprint density at radius 3 is 2.71 bits per heavy atom. The predicted molar refractivity (Wildman–Crippen MR) is 113 cm³/mol. The van der Waals surface area contributed by atoms with Crippen molar-refractivity contribution in [3.63, 3.8) is 0 Å². The zero-order valence-electron chi connectivity index (χ0n) is 17.4. The molecule has 1 amide bonds. The second kappa shape index (κ2) is 8.52.